The van der Waals surface area contributed by atoms with E-state index in [9.17, 15) is 26.0 Å². The molecule has 0 spiro atoms. The molecule has 38 heavy (non-hydrogen) atoms. The third-order valence-electron chi connectivity index (χ3n) is 7.08. The third-order valence-corrected chi connectivity index (χ3v) is 9.67. The summed E-state index contributed by atoms with van der Waals surface area (Å²) >= 11 is 0. The van der Waals surface area contributed by atoms with Crippen LogP contribution in [0.1, 0.15) is 36.0 Å². The standard InChI is InChI=1S/C27H22F5NO4S/c28-22-10-11-23(29)25-24(22)26(38(34,35)21-8-6-18(7-9-21)27(30,31)32)13-12-20(14-19(26)16-36-25)33-37-15-17-4-2-1-3-5-17/h1-11,19H,12-16H2/b33-20-/t19?,26-/m0/s1. The van der Waals surface area contributed by atoms with Gasteiger partial charge in [-0.05, 0) is 61.2 Å². The van der Waals surface area contributed by atoms with E-state index in [0.717, 1.165) is 29.8 Å². The van der Waals surface area contributed by atoms with Crippen LogP contribution in [-0.4, -0.2) is 20.7 Å². The molecule has 0 bridgehead atoms. The molecule has 1 heterocycles. The molecule has 0 saturated heterocycles. The Kier molecular flexibility index (Phi) is 6.66. The third kappa shape index (κ3) is 4.42. The van der Waals surface area contributed by atoms with E-state index in [4.69, 9.17) is 9.57 Å². The van der Waals surface area contributed by atoms with Crippen LogP contribution in [-0.2, 0) is 32.2 Å². The lowest BCUT2D eigenvalue weighted by Gasteiger charge is -2.47. The van der Waals surface area contributed by atoms with Crippen LogP contribution in [0.3, 0.4) is 0 Å². The molecular weight excluding hydrogens is 529 g/mol. The molecule has 0 amide bonds. The van der Waals surface area contributed by atoms with E-state index in [0.29, 0.717) is 17.8 Å². The highest BCUT2D eigenvalue weighted by Gasteiger charge is 2.59. The lowest BCUT2D eigenvalue weighted by Crippen LogP contribution is -2.52. The maximum Gasteiger partial charge on any atom is 0.416 e. The Morgan fingerprint density at radius 3 is 2.34 bits per heavy atom. The normalized spacial score (nSPS) is 22.3. The Morgan fingerprint density at radius 2 is 1.66 bits per heavy atom. The van der Waals surface area contributed by atoms with Gasteiger partial charge >= 0.3 is 6.18 Å². The van der Waals surface area contributed by atoms with Gasteiger partial charge in [-0.25, -0.2) is 17.2 Å². The van der Waals surface area contributed by atoms with Crippen LogP contribution < -0.4 is 4.74 Å². The van der Waals surface area contributed by atoms with Gasteiger partial charge < -0.3 is 9.57 Å². The number of alkyl halides is 3. The minimum Gasteiger partial charge on any atom is -0.490 e. The second-order valence-electron chi connectivity index (χ2n) is 9.28. The fraction of sp³-hybridized carbons (Fsp3) is 0.296. The van der Waals surface area contributed by atoms with Crippen molar-refractivity contribution in [3.63, 3.8) is 0 Å². The number of sulfone groups is 1. The smallest absolute Gasteiger partial charge is 0.416 e. The lowest BCUT2D eigenvalue weighted by atomic mass is 9.72. The summed E-state index contributed by atoms with van der Waals surface area (Å²) in [5, 5.41) is 4.16. The maximum absolute atomic E-state index is 15.3. The molecule has 0 N–H and O–H groups in total. The first kappa shape index (κ1) is 26.1. The van der Waals surface area contributed by atoms with E-state index in [2.05, 4.69) is 5.16 Å². The van der Waals surface area contributed by atoms with Gasteiger partial charge in [0, 0.05) is 5.92 Å². The Labute approximate surface area is 215 Å². The van der Waals surface area contributed by atoms with Crippen molar-refractivity contribution in [2.45, 2.75) is 41.7 Å². The summed E-state index contributed by atoms with van der Waals surface area (Å²) in [6, 6.07) is 14.0. The van der Waals surface area contributed by atoms with Gasteiger partial charge in [0.25, 0.3) is 0 Å². The van der Waals surface area contributed by atoms with Gasteiger partial charge in [-0.3, -0.25) is 0 Å². The van der Waals surface area contributed by atoms with Gasteiger partial charge in [0.2, 0.25) is 0 Å². The minimum atomic E-state index is -4.67. The number of oxime groups is 1. The Bertz CT molecular complexity index is 1470. The van der Waals surface area contributed by atoms with Gasteiger partial charge in [-0.15, -0.1) is 0 Å². The van der Waals surface area contributed by atoms with E-state index < -0.39 is 60.1 Å². The highest BCUT2D eigenvalue weighted by Crippen LogP contribution is 2.56. The number of hydrogen-bond acceptors (Lipinski definition) is 5. The van der Waals surface area contributed by atoms with Crippen molar-refractivity contribution in [1.29, 1.82) is 0 Å². The molecule has 2 atom stereocenters. The first-order chi connectivity index (χ1) is 18.0. The average Bonchev–Trinajstić information content (AvgIpc) is 2.90. The Balaban J connectivity index is 1.55. The summed E-state index contributed by atoms with van der Waals surface area (Å²) in [6.07, 6.45) is -4.73. The molecule has 0 aromatic heterocycles. The monoisotopic (exact) mass is 551 g/mol. The van der Waals surface area contributed by atoms with Crippen LogP contribution in [0.25, 0.3) is 0 Å². The van der Waals surface area contributed by atoms with Crippen molar-refractivity contribution in [2.24, 2.45) is 11.1 Å². The van der Waals surface area contributed by atoms with Crippen molar-refractivity contribution < 1.29 is 39.9 Å². The molecular formula is C27H22F5NO4S. The van der Waals surface area contributed by atoms with Crippen molar-refractivity contribution in [3.05, 3.63) is 95.1 Å². The van der Waals surface area contributed by atoms with E-state index in [1.54, 1.807) is 0 Å². The van der Waals surface area contributed by atoms with E-state index in [-0.39, 0.29) is 32.5 Å². The number of ether oxygens (including phenoxy) is 1. The van der Waals surface area contributed by atoms with Crippen molar-refractivity contribution >= 4 is 15.5 Å². The zero-order valence-electron chi connectivity index (χ0n) is 19.8. The topological polar surface area (TPSA) is 65.0 Å². The molecule has 0 radical (unpaired) electrons. The van der Waals surface area contributed by atoms with Crippen LogP contribution in [0.5, 0.6) is 5.75 Å². The van der Waals surface area contributed by atoms with Crippen LogP contribution >= 0.6 is 0 Å². The fourth-order valence-electron chi connectivity index (χ4n) is 5.24. The molecule has 1 aliphatic carbocycles. The number of halogens is 5. The van der Waals surface area contributed by atoms with Gasteiger partial charge in [0.1, 0.15) is 17.2 Å². The SMILES string of the molecule is O=S(=O)(c1ccc(C(F)(F)F)cc1)[C@@]12CC/C(=N/OCc3ccccc3)CC1COc1c(F)ccc(F)c12. The summed E-state index contributed by atoms with van der Waals surface area (Å²) in [4.78, 5) is 5.03. The summed E-state index contributed by atoms with van der Waals surface area (Å²) in [7, 11) is -4.54. The van der Waals surface area contributed by atoms with E-state index in [1.165, 1.54) is 0 Å². The van der Waals surface area contributed by atoms with Gasteiger partial charge in [0.05, 0.1) is 28.3 Å². The summed E-state index contributed by atoms with van der Waals surface area (Å²) in [5.41, 5.74) is -0.0750. The van der Waals surface area contributed by atoms with Crippen molar-refractivity contribution in [1.82, 2.24) is 0 Å². The first-order valence-electron chi connectivity index (χ1n) is 11.8. The molecule has 11 heteroatoms. The molecule has 3 aromatic rings. The predicted octanol–water partition coefficient (Wildman–Crippen LogP) is 6.42. The fourth-order valence-corrected chi connectivity index (χ4v) is 7.57. The number of benzene rings is 3. The lowest BCUT2D eigenvalue weighted by molar-refractivity contribution is -0.137. The van der Waals surface area contributed by atoms with Crippen LogP contribution in [0.4, 0.5) is 22.0 Å². The number of fused-ring (bicyclic) bond motifs is 3. The molecule has 1 unspecified atom stereocenters. The van der Waals surface area contributed by atoms with Gasteiger partial charge in [-0.1, -0.05) is 35.5 Å². The predicted molar refractivity (Wildman–Crippen MR) is 128 cm³/mol. The second kappa shape index (κ2) is 9.68. The molecule has 1 saturated carbocycles. The molecule has 1 aliphatic heterocycles. The molecule has 3 aromatic carbocycles. The molecule has 5 rings (SSSR count). The first-order valence-corrected chi connectivity index (χ1v) is 13.3. The highest BCUT2D eigenvalue weighted by molar-refractivity contribution is 7.92. The van der Waals surface area contributed by atoms with Crippen LogP contribution in [0.2, 0.25) is 0 Å². The second-order valence-corrected chi connectivity index (χ2v) is 11.5. The van der Waals surface area contributed by atoms with Gasteiger partial charge in [-0.2, -0.15) is 13.2 Å². The summed E-state index contributed by atoms with van der Waals surface area (Å²) < 4.78 is 101. The Hall–Kier alpha value is -3.47. The number of rotatable bonds is 5. The molecule has 2 aliphatic rings. The van der Waals surface area contributed by atoms with E-state index >= 15 is 4.39 Å². The zero-order chi connectivity index (χ0) is 27.1. The largest absolute Gasteiger partial charge is 0.490 e. The maximum atomic E-state index is 15.3. The zero-order valence-corrected chi connectivity index (χ0v) is 20.7. The van der Waals surface area contributed by atoms with Crippen LogP contribution in [0.15, 0.2) is 76.8 Å². The molecule has 5 nitrogen and oxygen atoms in total. The summed E-state index contributed by atoms with van der Waals surface area (Å²) in [5.74, 6) is -3.29. The average molecular weight is 552 g/mol. The minimum absolute atomic E-state index is 0.0457. The number of hydrogen-bond donors (Lipinski definition) is 0. The highest BCUT2D eigenvalue weighted by atomic mass is 32.2. The van der Waals surface area contributed by atoms with Crippen molar-refractivity contribution in [3.8, 4) is 5.75 Å². The molecule has 1 fully saturated rings. The van der Waals surface area contributed by atoms with Crippen molar-refractivity contribution in [2.75, 3.05) is 6.61 Å². The molecule has 200 valence electrons. The Morgan fingerprint density at radius 1 is 0.974 bits per heavy atom. The summed E-state index contributed by atoms with van der Waals surface area (Å²) in [6.45, 7) is -0.0753. The van der Waals surface area contributed by atoms with E-state index in [1.807, 2.05) is 30.3 Å². The quantitative estimate of drug-likeness (QED) is 0.271. The van der Waals surface area contributed by atoms with Crippen LogP contribution in [0, 0.1) is 17.6 Å². The van der Waals surface area contributed by atoms with Gasteiger partial charge in [0.15, 0.2) is 21.4 Å². The number of nitrogens with zero attached hydrogens (tertiary/aromatic N) is 1.